The van der Waals surface area contributed by atoms with Crippen LogP contribution in [0.5, 0.6) is 0 Å². The van der Waals surface area contributed by atoms with E-state index in [0.717, 1.165) is 50.5 Å². The van der Waals surface area contributed by atoms with Crippen molar-refractivity contribution < 1.29 is 9.59 Å². The molecule has 6 rings (SSSR count). The van der Waals surface area contributed by atoms with Crippen LogP contribution in [-0.4, -0.2) is 34.6 Å². The van der Waals surface area contributed by atoms with E-state index < -0.39 is 0 Å². The zero-order chi connectivity index (χ0) is 21.0. The molecule has 2 N–H and O–H groups in total. The van der Waals surface area contributed by atoms with Crippen molar-refractivity contribution in [2.24, 2.45) is 47.8 Å². The molecule has 0 radical (unpaired) electrons. The highest BCUT2D eigenvalue weighted by atomic mass is 16.1. The first kappa shape index (κ1) is 20.1. The average Bonchev–Trinajstić information content (AvgIpc) is 3.42. The summed E-state index contributed by atoms with van der Waals surface area (Å²) < 4.78 is 1.89. The Morgan fingerprint density at radius 2 is 1.93 bits per heavy atom. The van der Waals surface area contributed by atoms with Gasteiger partial charge in [0.2, 0.25) is 5.91 Å². The number of hydrogen-bond acceptors (Lipinski definition) is 4. The van der Waals surface area contributed by atoms with E-state index in [1.807, 2.05) is 17.8 Å². The molecule has 5 aliphatic carbocycles. The Morgan fingerprint density at radius 1 is 1.23 bits per heavy atom. The number of aromatic nitrogens is 2. The summed E-state index contributed by atoms with van der Waals surface area (Å²) in [7, 11) is 1.96. The molecule has 1 aromatic rings. The second-order valence-corrected chi connectivity index (χ2v) is 10.8. The molecule has 1 heterocycles. The minimum Gasteiger partial charge on any atom is -0.369 e. The molecule has 0 aromatic carbocycles. The van der Waals surface area contributed by atoms with Gasteiger partial charge in [-0.2, -0.15) is 5.10 Å². The lowest BCUT2D eigenvalue weighted by Gasteiger charge is -2.58. The molecule has 2 atom stereocenters. The van der Waals surface area contributed by atoms with Gasteiger partial charge in [0.15, 0.2) is 5.78 Å². The van der Waals surface area contributed by atoms with Crippen molar-refractivity contribution in [3.05, 3.63) is 11.8 Å². The van der Waals surface area contributed by atoms with Gasteiger partial charge in [-0.1, -0.05) is 6.92 Å². The molecule has 30 heavy (non-hydrogen) atoms. The third-order valence-corrected chi connectivity index (χ3v) is 8.55. The number of hydrogen-bond donors (Lipinski definition) is 1. The number of anilines is 1. The van der Waals surface area contributed by atoms with E-state index in [-0.39, 0.29) is 17.1 Å². The van der Waals surface area contributed by atoms with Crippen LogP contribution >= 0.6 is 0 Å². The molecule has 5 saturated carbocycles. The quantitative estimate of drug-likeness (QED) is 0.629. The first-order valence-electron chi connectivity index (χ1n) is 12.0. The molecule has 6 heteroatoms. The van der Waals surface area contributed by atoms with Crippen molar-refractivity contribution in [3.63, 3.8) is 0 Å². The lowest BCUT2D eigenvalue weighted by molar-refractivity contribution is -0.149. The number of aryl methyl sites for hydroxylation is 1. The first-order valence-corrected chi connectivity index (χ1v) is 12.0. The molecular weight excluding hydrogens is 376 g/mol. The van der Waals surface area contributed by atoms with Crippen LogP contribution in [0.25, 0.3) is 0 Å². The number of carbonyl (C=O) groups excluding carboxylic acids is 2. The highest BCUT2D eigenvalue weighted by Gasteiger charge is 2.57. The van der Waals surface area contributed by atoms with E-state index in [9.17, 15) is 9.59 Å². The maximum absolute atomic E-state index is 13.2. The predicted molar refractivity (Wildman–Crippen MR) is 116 cm³/mol. The molecule has 1 amide bonds. The monoisotopic (exact) mass is 412 g/mol. The van der Waals surface area contributed by atoms with Crippen LogP contribution in [0.3, 0.4) is 0 Å². The van der Waals surface area contributed by atoms with E-state index >= 15 is 0 Å². The van der Waals surface area contributed by atoms with Gasteiger partial charge in [-0.25, -0.2) is 0 Å². The number of primary amides is 1. The molecule has 5 fully saturated rings. The number of nitrogens with two attached hydrogens (primary N) is 1. The van der Waals surface area contributed by atoms with E-state index in [2.05, 4.69) is 16.9 Å². The molecule has 1 aromatic heterocycles. The summed E-state index contributed by atoms with van der Waals surface area (Å²) >= 11 is 0. The molecule has 0 saturated heterocycles. The van der Waals surface area contributed by atoms with E-state index in [4.69, 9.17) is 5.73 Å². The Hall–Kier alpha value is -1.85. The fourth-order valence-electron chi connectivity index (χ4n) is 7.15. The number of rotatable bonds is 9. The average molecular weight is 413 g/mol. The normalized spacial score (nSPS) is 34.3. The molecule has 2 unspecified atom stereocenters. The SMILES string of the molecule is CCCN(CC1CC1)c1cc(C(=O)CC2C3CC4CC2CC(C(N)=O)(C4)C3)nn1C. The minimum atomic E-state index is -0.280. The molecule has 0 aliphatic heterocycles. The second-order valence-electron chi connectivity index (χ2n) is 10.8. The number of ketones is 1. The maximum atomic E-state index is 13.2. The van der Waals surface area contributed by atoms with Crippen LogP contribution in [0, 0.1) is 35.0 Å². The van der Waals surface area contributed by atoms with Crippen molar-refractivity contribution in [1.82, 2.24) is 9.78 Å². The third kappa shape index (κ3) is 3.46. The largest absolute Gasteiger partial charge is 0.369 e. The van der Waals surface area contributed by atoms with Crippen molar-refractivity contribution in [2.75, 3.05) is 18.0 Å². The summed E-state index contributed by atoms with van der Waals surface area (Å²) in [6.07, 6.45) is 9.42. The van der Waals surface area contributed by atoms with Crippen LogP contribution in [0.4, 0.5) is 5.82 Å². The molecule has 5 aliphatic rings. The minimum absolute atomic E-state index is 0.104. The van der Waals surface area contributed by atoms with Crippen molar-refractivity contribution in [2.45, 2.75) is 64.7 Å². The molecule has 164 valence electrons. The molecular formula is C24H36N4O2. The van der Waals surface area contributed by atoms with E-state index in [1.54, 1.807) is 0 Å². The highest BCUT2D eigenvalue weighted by Crippen LogP contribution is 2.62. The predicted octanol–water partition coefficient (Wildman–Crippen LogP) is 3.55. The van der Waals surface area contributed by atoms with Crippen LogP contribution < -0.4 is 10.6 Å². The Bertz CT molecular complexity index is 826. The van der Waals surface area contributed by atoms with Crippen LogP contribution in [0.15, 0.2) is 6.07 Å². The zero-order valence-electron chi connectivity index (χ0n) is 18.5. The number of amides is 1. The summed E-state index contributed by atoms with van der Waals surface area (Å²) in [6, 6.07) is 2.02. The molecule has 0 spiro atoms. The van der Waals surface area contributed by atoms with Gasteiger partial charge in [-0.05, 0) is 81.0 Å². The van der Waals surface area contributed by atoms with Crippen LogP contribution in [-0.2, 0) is 11.8 Å². The number of carbonyl (C=O) groups is 2. The van der Waals surface area contributed by atoms with Gasteiger partial charge < -0.3 is 10.6 Å². The summed E-state index contributed by atoms with van der Waals surface area (Å²) in [5, 5.41) is 4.62. The van der Waals surface area contributed by atoms with Gasteiger partial charge in [-0.3, -0.25) is 14.3 Å². The van der Waals surface area contributed by atoms with E-state index in [0.29, 0.717) is 35.8 Å². The van der Waals surface area contributed by atoms with Gasteiger partial charge in [-0.15, -0.1) is 0 Å². The smallest absolute Gasteiger partial charge is 0.223 e. The van der Waals surface area contributed by atoms with Crippen molar-refractivity contribution >= 4 is 17.5 Å². The summed E-state index contributed by atoms with van der Waals surface area (Å²) in [5.74, 6) is 3.92. The zero-order valence-corrected chi connectivity index (χ0v) is 18.5. The van der Waals surface area contributed by atoms with Gasteiger partial charge in [0.1, 0.15) is 11.5 Å². The Morgan fingerprint density at radius 3 is 2.53 bits per heavy atom. The Kier molecular flexibility index (Phi) is 4.94. The van der Waals surface area contributed by atoms with Crippen molar-refractivity contribution in [3.8, 4) is 0 Å². The second kappa shape index (κ2) is 7.38. The van der Waals surface area contributed by atoms with Crippen molar-refractivity contribution in [1.29, 1.82) is 0 Å². The Balaban J connectivity index is 1.30. The fourth-order valence-corrected chi connectivity index (χ4v) is 7.15. The van der Waals surface area contributed by atoms with Crippen LogP contribution in [0.2, 0.25) is 0 Å². The first-order chi connectivity index (χ1) is 14.4. The standard InChI is InChI=1S/C24H36N4O2/c1-3-6-28(14-15-4-5-15)22-10-20(26-27(22)2)21(29)9-19-17-7-16-8-18(19)13-24(11-16,12-17)23(25)30/h10,15-19H,3-9,11-14H2,1-2H3,(H2,25,30). The van der Waals surface area contributed by atoms with Gasteiger partial charge >= 0.3 is 0 Å². The van der Waals surface area contributed by atoms with Gasteiger partial charge in [0.05, 0.1) is 0 Å². The maximum Gasteiger partial charge on any atom is 0.223 e. The number of Topliss-reactive ketones (excluding diaryl/α,β-unsaturated/α-hetero) is 1. The van der Waals surface area contributed by atoms with Gasteiger partial charge in [0.25, 0.3) is 0 Å². The van der Waals surface area contributed by atoms with Gasteiger partial charge in [0, 0.05) is 38.0 Å². The summed E-state index contributed by atoms with van der Waals surface area (Å²) in [4.78, 5) is 27.8. The number of nitrogens with zero attached hydrogens (tertiary/aromatic N) is 3. The lowest BCUT2D eigenvalue weighted by atomic mass is 9.45. The van der Waals surface area contributed by atoms with E-state index in [1.165, 1.54) is 25.7 Å². The summed E-state index contributed by atoms with van der Waals surface area (Å²) in [6.45, 7) is 4.28. The summed E-state index contributed by atoms with van der Waals surface area (Å²) in [5.41, 5.74) is 6.15. The molecule has 4 bridgehead atoms. The third-order valence-electron chi connectivity index (χ3n) is 8.55. The highest BCUT2D eigenvalue weighted by molar-refractivity contribution is 5.95. The van der Waals surface area contributed by atoms with Crippen LogP contribution in [0.1, 0.15) is 75.2 Å². The lowest BCUT2D eigenvalue weighted by Crippen LogP contribution is -2.56. The fraction of sp³-hybridized carbons (Fsp3) is 0.792. The Labute approximate surface area is 179 Å². The topological polar surface area (TPSA) is 81.2 Å². The molecule has 6 nitrogen and oxygen atoms in total.